The zero-order chi connectivity index (χ0) is 24.3. The van der Waals surface area contributed by atoms with Crippen molar-refractivity contribution in [3.63, 3.8) is 0 Å². The topological polar surface area (TPSA) is 82.8 Å². The molecule has 6 nitrogen and oxygen atoms in total. The van der Waals surface area contributed by atoms with Crippen LogP contribution in [0.4, 0.5) is 0 Å². The smallest absolute Gasteiger partial charge is 0.302 e. The Bertz CT molecular complexity index is 1160. The molecule has 0 bridgehead atoms. The molecule has 1 aliphatic heterocycles. The summed E-state index contributed by atoms with van der Waals surface area (Å²) >= 11 is 0. The van der Waals surface area contributed by atoms with Crippen LogP contribution in [-0.4, -0.2) is 36.4 Å². The lowest BCUT2D eigenvalue weighted by Crippen LogP contribution is -2.71. The number of rotatable bonds is 2. The highest BCUT2D eigenvalue weighted by Gasteiger charge is 2.77. The lowest BCUT2D eigenvalue weighted by molar-refractivity contribution is -0.197. The van der Waals surface area contributed by atoms with Crippen LogP contribution >= 0.6 is 0 Å². The number of carbonyl (C=O) groups excluding carboxylic acids is 3. The summed E-state index contributed by atoms with van der Waals surface area (Å²) in [6, 6.07) is 1.98. The van der Waals surface area contributed by atoms with Crippen molar-refractivity contribution >= 4 is 17.5 Å². The van der Waals surface area contributed by atoms with Crippen LogP contribution in [0.25, 0.3) is 0 Å². The second-order valence-electron chi connectivity index (χ2n) is 12.0. The van der Waals surface area contributed by atoms with Gasteiger partial charge in [-0.05, 0) is 43.4 Å². The fourth-order valence-electron chi connectivity index (χ4n) is 9.04. The van der Waals surface area contributed by atoms with Crippen molar-refractivity contribution in [2.75, 3.05) is 6.61 Å². The second-order valence-corrected chi connectivity index (χ2v) is 12.0. The molecule has 4 aliphatic carbocycles. The zero-order valence-corrected chi connectivity index (χ0v) is 20.4. The van der Waals surface area contributed by atoms with E-state index in [1.165, 1.54) is 6.92 Å². The van der Waals surface area contributed by atoms with Gasteiger partial charge in [-0.3, -0.25) is 14.4 Å². The molecular weight excluding hydrogens is 432 g/mol. The third-order valence-corrected chi connectivity index (χ3v) is 10.2. The summed E-state index contributed by atoms with van der Waals surface area (Å²) < 4.78 is 17.6. The predicted octanol–water partition coefficient (Wildman–Crippen LogP) is 4.41. The Kier molecular flexibility index (Phi) is 4.27. The summed E-state index contributed by atoms with van der Waals surface area (Å²) in [5, 5.41) is 0. The van der Waals surface area contributed by atoms with Crippen molar-refractivity contribution < 1.29 is 28.3 Å². The fourth-order valence-corrected chi connectivity index (χ4v) is 9.04. The Morgan fingerprint density at radius 3 is 2.59 bits per heavy atom. The summed E-state index contributed by atoms with van der Waals surface area (Å²) in [5.74, 6) is -1.000. The molecule has 1 saturated heterocycles. The number of Topliss-reactive ketones (excluding diaryl/α,β-unsaturated/α-hetero) is 1. The van der Waals surface area contributed by atoms with E-state index in [-0.39, 0.29) is 29.4 Å². The lowest BCUT2D eigenvalue weighted by atomic mass is 9.37. The summed E-state index contributed by atoms with van der Waals surface area (Å²) in [7, 11) is 0. The maximum atomic E-state index is 14.4. The van der Waals surface area contributed by atoms with Crippen molar-refractivity contribution in [3.8, 4) is 0 Å². The van der Waals surface area contributed by atoms with Gasteiger partial charge < -0.3 is 13.9 Å². The molecule has 0 amide bonds. The van der Waals surface area contributed by atoms with E-state index < -0.39 is 39.8 Å². The van der Waals surface area contributed by atoms with Gasteiger partial charge in [0.25, 0.3) is 0 Å². The molecule has 0 radical (unpaired) electrons. The minimum atomic E-state index is -0.979. The number of fused-ring (bicyclic) bond motifs is 4. The van der Waals surface area contributed by atoms with Gasteiger partial charge in [0.05, 0.1) is 24.5 Å². The molecule has 6 heteroatoms. The van der Waals surface area contributed by atoms with Crippen LogP contribution in [0, 0.1) is 33.5 Å². The normalized spacial score (nSPS) is 48.7. The van der Waals surface area contributed by atoms with Gasteiger partial charge in [0.2, 0.25) is 0 Å². The SMILES string of the molecule is CC(=O)O[C@@H]1C[C@@]2(C)C(=CC[C@@H]2c2ccoc2)[C@@]2(C)C(=O)[C@H]3OC[C@@]4(C)C=CC(=O)[C@@](C)([C@H]12)[C@H]34. The van der Waals surface area contributed by atoms with Crippen LogP contribution < -0.4 is 0 Å². The molecule has 1 aromatic rings. The summed E-state index contributed by atoms with van der Waals surface area (Å²) in [6.07, 6.45) is 9.35. The van der Waals surface area contributed by atoms with E-state index in [2.05, 4.69) is 19.9 Å². The Hall–Kier alpha value is -2.47. The van der Waals surface area contributed by atoms with Gasteiger partial charge in [-0.15, -0.1) is 0 Å². The third-order valence-electron chi connectivity index (χ3n) is 10.2. The molecule has 34 heavy (non-hydrogen) atoms. The number of esters is 1. The highest BCUT2D eigenvalue weighted by atomic mass is 16.5. The number of hydrogen-bond donors (Lipinski definition) is 0. The average Bonchev–Trinajstić information content (AvgIpc) is 3.47. The molecule has 180 valence electrons. The molecule has 2 saturated carbocycles. The predicted molar refractivity (Wildman–Crippen MR) is 123 cm³/mol. The molecule has 3 fully saturated rings. The van der Waals surface area contributed by atoms with E-state index in [9.17, 15) is 14.4 Å². The number of furan rings is 1. The summed E-state index contributed by atoms with van der Waals surface area (Å²) in [6.45, 7) is 10.0. The van der Waals surface area contributed by atoms with Gasteiger partial charge in [-0.1, -0.05) is 38.5 Å². The maximum Gasteiger partial charge on any atom is 0.302 e. The molecule has 9 atom stereocenters. The first-order chi connectivity index (χ1) is 16.0. The van der Waals surface area contributed by atoms with Crippen molar-refractivity contribution in [1.29, 1.82) is 0 Å². The molecule has 5 aliphatic rings. The van der Waals surface area contributed by atoms with E-state index in [4.69, 9.17) is 13.9 Å². The van der Waals surface area contributed by atoms with Gasteiger partial charge in [-0.2, -0.15) is 0 Å². The van der Waals surface area contributed by atoms with Crippen LogP contribution in [0.3, 0.4) is 0 Å². The largest absolute Gasteiger partial charge is 0.472 e. The Morgan fingerprint density at radius 2 is 1.91 bits per heavy atom. The summed E-state index contributed by atoms with van der Waals surface area (Å²) in [5.41, 5.74) is -0.551. The molecular formula is C28H32O6. The van der Waals surface area contributed by atoms with Crippen molar-refractivity contribution in [3.05, 3.63) is 48.0 Å². The Balaban J connectivity index is 1.58. The molecule has 0 spiro atoms. The van der Waals surface area contributed by atoms with E-state index >= 15 is 0 Å². The minimum absolute atomic E-state index is 0.0000587. The average molecular weight is 465 g/mol. The van der Waals surface area contributed by atoms with Gasteiger partial charge in [0, 0.05) is 35.0 Å². The van der Waals surface area contributed by atoms with E-state index in [1.54, 1.807) is 18.6 Å². The quantitative estimate of drug-likeness (QED) is 0.476. The number of hydrogen-bond acceptors (Lipinski definition) is 6. The van der Waals surface area contributed by atoms with E-state index in [0.717, 1.165) is 17.6 Å². The van der Waals surface area contributed by atoms with Crippen LogP contribution in [0.5, 0.6) is 0 Å². The fraction of sp³-hybridized carbons (Fsp3) is 0.607. The van der Waals surface area contributed by atoms with Crippen molar-refractivity contribution in [2.24, 2.45) is 33.5 Å². The van der Waals surface area contributed by atoms with Crippen LogP contribution in [-0.2, 0) is 23.9 Å². The molecule has 1 aromatic heterocycles. The molecule has 0 N–H and O–H groups in total. The molecule has 0 unspecified atom stereocenters. The maximum absolute atomic E-state index is 14.4. The highest BCUT2D eigenvalue weighted by molar-refractivity contribution is 6.03. The van der Waals surface area contributed by atoms with E-state index in [1.807, 2.05) is 26.0 Å². The first-order valence-corrected chi connectivity index (χ1v) is 12.3. The van der Waals surface area contributed by atoms with Crippen LogP contribution in [0.15, 0.2) is 46.8 Å². The number of carbonyl (C=O) groups is 3. The van der Waals surface area contributed by atoms with Crippen molar-refractivity contribution in [2.45, 2.75) is 65.6 Å². The second kappa shape index (κ2) is 6.60. The molecule has 2 heterocycles. The Labute approximate surface area is 199 Å². The van der Waals surface area contributed by atoms with E-state index in [0.29, 0.717) is 13.0 Å². The van der Waals surface area contributed by atoms with Gasteiger partial charge in [-0.25, -0.2) is 0 Å². The highest BCUT2D eigenvalue weighted by Crippen LogP contribution is 2.73. The first kappa shape index (κ1) is 22.0. The van der Waals surface area contributed by atoms with Crippen molar-refractivity contribution in [1.82, 2.24) is 0 Å². The minimum Gasteiger partial charge on any atom is -0.472 e. The Morgan fingerprint density at radius 1 is 1.15 bits per heavy atom. The standard InChI is InChI=1S/C28H32O6/c1-15(29)34-18-12-26(3)17(16-9-11-32-13-16)6-7-19(26)27(4)22(18)28(5)20(30)8-10-25(2)14-33-21(23(25)28)24(27)31/h7-11,13,17-18,21-23H,6,12,14H2,1-5H3/t17-,18-,21+,22-,23-,25-,26-,27-,28+/m1/s1. The number of allylic oxidation sites excluding steroid dienone is 3. The molecule has 0 aromatic carbocycles. The number of ketones is 2. The first-order valence-electron chi connectivity index (χ1n) is 12.3. The van der Waals surface area contributed by atoms with Crippen LogP contribution in [0.1, 0.15) is 58.9 Å². The number of ether oxygens (including phenoxy) is 2. The lowest BCUT2D eigenvalue weighted by Gasteiger charge is -2.64. The molecule has 6 rings (SSSR count). The van der Waals surface area contributed by atoms with Crippen LogP contribution in [0.2, 0.25) is 0 Å². The zero-order valence-electron chi connectivity index (χ0n) is 20.4. The van der Waals surface area contributed by atoms with Gasteiger partial charge in [0.1, 0.15) is 12.2 Å². The van der Waals surface area contributed by atoms with Gasteiger partial charge in [0.15, 0.2) is 11.6 Å². The monoisotopic (exact) mass is 464 g/mol. The summed E-state index contributed by atoms with van der Waals surface area (Å²) in [4.78, 5) is 40.5. The van der Waals surface area contributed by atoms with Gasteiger partial charge >= 0.3 is 5.97 Å². The third kappa shape index (κ3) is 2.38.